The number of hydrogen-bond acceptors (Lipinski definition) is 1. The van der Waals surface area contributed by atoms with Gasteiger partial charge in [0.05, 0.1) is 0 Å². The number of benzene rings is 2. The Hall–Kier alpha value is -1.54. The molecule has 0 aliphatic heterocycles. The highest BCUT2D eigenvalue weighted by Gasteiger charge is 1.91. The fraction of sp³-hybridized carbons (Fsp3) is 0. The van der Waals surface area contributed by atoms with Crippen molar-refractivity contribution in [3.8, 4) is 5.75 Å². The highest BCUT2D eigenvalue weighted by atomic mass is 79.9. The van der Waals surface area contributed by atoms with Gasteiger partial charge in [-0.1, -0.05) is 52.3 Å². The molecule has 0 aromatic heterocycles. The van der Waals surface area contributed by atoms with E-state index in [9.17, 15) is 5.11 Å². The normalized spacial score (nSPS) is 10.8. The Kier molecular flexibility index (Phi) is 3.42. The van der Waals surface area contributed by atoms with Crippen LogP contribution in [-0.2, 0) is 0 Å². The number of halogens is 1. The molecule has 2 aromatic carbocycles. The topological polar surface area (TPSA) is 20.2 Å². The summed E-state index contributed by atoms with van der Waals surface area (Å²) in [5.74, 6) is 0.288. The standard InChI is InChI=1S/C14H11BrO/c15-13-5-1-3-11(9-13)7-8-12-4-2-6-14(16)10-12/h1-10,16H. The first kappa shape index (κ1) is 11.0. The lowest BCUT2D eigenvalue weighted by Gasteiger charge is -1.96. The summed E-state index contributed by atoms with van der Waals surface area (Å²) >= 11 is 3.43. The summed E-state index contributed by atoms with van der Waals surface area (Å²) in [6.07, 6.45) is 3.99. The molecule has 0 bridgehead atoms. The van der Waals surface area contributed by atoms with Crippen molar-refractivity contribution in [3.05, 3.63) is 64.1 Å². The number of hydrogen-bond donors (Lipinski definition) is 1. The average molecular weight is 275 g/mol. The molecule has 2 aromatic rings. The third-order valence-corrected chi connectivity index (χ3v) is 2.68. The van der Waals surface area contributed by atoms with Crippen molar-refractivity contribution in [1.82, 2.24) is 0 Å². The number of rotatable bonds is 2. The van der Waals surface area contributed by atoms with Gasteiger partial charge in [0.1, 0.15) is 5.75 Å². The van der Waals surface area contributed by atoms with Crippen molar-refractivity contribution in [3.63, 3.8) is 0 Å². The van der Waals surface area contributed by atoms with E-state index in [1.165, 1.54) is 0 Å². The molecule has 0 fully saturated rings. The van der Waals surface area contributed by atoms with Crippen LogP contribution >= 0.6 is 15.9 Å². The third kappa shape index (κ3) is 2.97. The van der Waals surface area contributed by atoms with Crippen molar-refractivity contribution < 1.29 is 5.11 Å². The van der Waals surface area contributed by atoms with Gasteiger partial charge in [0.25, 0.3) is 0 Å². The second-order valence-corrected chi connectivity index (χ2v) is 4.40. The zero-order chi connectivity index (χ0) is 11.4. The fourth-order valence-corrected chi connectivity index (χ4v) is 1.85. The minimum atomic E-state index is 0.288. The van der Waals surface area contributed by atoms with Crippen LogP contribution in [-0.4, -0.2) is 5.11 Å². The van der Waals surface area contributed by atoms with Gasteiger partial charge < -0.3 is 5.11 Å². The lowest BCUT2D eigenvalue weighted by atomic mass is 10.1. The Labute approximate surface area is 103 Å². The molecular formula is C14H11BrO. The van der Waals surface area contributed by atoms with Gasteiger partial charge in [-0.05, 0) is 35.4 Å². The fourth-order valence-electron chi connectivity index (χ4n) is 1.43. The summed E-state index contributed by atoms with van der Waals surface area (Å²) in [7, 11) is 0. The second-order valence-electron chi connectivity index (χ2n) is 3.48. The van der Waals surface area contributed by atoms with Crippen LogP contribution in [0.1, 0.15) is 11.1 Å². The SMILES string of the molecule is Oc1cccc(C=Cc2cccc(Br)c2)c1. The highest BCUT2D eigenvalue weighted by Crippen LogP contribution is 2.16. The zero-order valence-electron chi connectivity index (χ0n) is 8.60. The van der Waals surface area contributed by atoms with Crippen LogP contribution in [0.25, 0.3) is 12.2 Å². The molecule has 0 aliphatic carbocycles. The largest absolute Gasteiger partial charge is 0.508 e. The highest BCUT2D eigenvalue weighted by molar-refractivity contribution is 9.10. The maximum absolute atomic E-state index is 9.31. The molecular weight excluding hydrogens is 264 g/mol. The van der Waals surface area contributed by atoms with E-state index in [2.05, 4.69) is 15.9 Å². The van der Waals surface area contributed by atoms with Gasteiger partial charge in [-0.25, -0.2) is 0 Å². The smallest absolute Gasteiger partial charge is 0.116 e. The predicted octanol–water partition coefficient (Wildman–Crippen LogP) is 4.33. The molecule has 0 amide bonds. The number of phenols is 1. The van der Waals surface area contributed by atoms with Gasteiger partial charge in [0.2, 0.25) is 0 Å². The predicted molar refractivity (Wildman–Crippen MR) is 71.2 cm³/mol. The van der Waals surface area contributed by atoms with Crippen molar-refractivity contribution in [2.24, 2.45) is 0 Å². The Morgan fingerprint density at radius 2 is 1.50 bits per heavy atom. The van der Waals surface area contributed by atoms with Crippen LogP contribution in [0.15, 0.2) is 53.0 Å². The maximum atomic E-state index is 9.31. The molecule has 2 heteroatoms. The Morgan fingerprint density at radius 1 is 0.875 bits per heavy atom. The Morgan fingerprint density at radius 3 is 2.12 bits per heavy atom. The molecule has 16 heavy (non-hydrogen) atoms. The molecule has 0 unspecified atom stereocenters. The van der Waals surface area contributed by atoms with Gasteiger partial charge in [-0.15, -0.1) is 0 Å². The molecule has 0 aliphatic rings. The van der Waals surface area contributed by atoms with E-state index in [0.29, 0.717) is 0 Å². The lowest BCUT2D eigenvalue weighted by Crippen LogP contribution is -1.73. The van der Waals surface area contributed by atoms with Crippen molar-refractivity contribution in [1.29, 1.82) is 0 Å². The summed E-state index contributed by atoms with van der Waals surface area (Å²) in [5, 5.41) is 9.31. The second kappa shape index (κ2) is 4.99. The van der Waals surface area contributed by atoms with Crippen LogP contribution < -0.4 is 0 Å². The van der Waals surface area contributed by atoms with E-state index in [1.54, 1.807) is 12.1 Å². The first-order valence-electron chi connectivity index (χ1n) is 4.97. The first-order valence-corrected chi connectivity index (χ1v) is 5.76. The van der Waals surface area contributed by atoms with Gasteiger partial charge in [0, 0.05) is 4.47 Å². The maximum Gasteiger partial charge on any atom is 0.116 e. The average Bonchev–Trinajstić information content (AvgIpc) is 2.27. The molecule has 0 atom stereocenters. The molecule has 0 saturated carbocycles. The third-order valence-electron chi connectivity index (χ3n) is 2.19. The zero-order valence-corrected chi connectivity index (χ0v) is 10.2. The quantitative estimate of drug-likeness (QED) is 0.809. The molecule has 0 saturated heterocycles. The van der Waals surface area contributed by atoms with E-state index in [0.717, 1.165) is 15.6 Å². The summed E-state index contributed by atoms with van der Waals surface area (Å²) < 4.78 is 1.06. The van der Waals surface area contributed by atoms with Gasteiger partial charge in [0.15, 0.2) is 0 Å². The lowest BCUT2D eigenvalue weighted by molar-refractivity contribution is 0.475. The molecule has 2 rings (SSSR count). The van der Waals surface area contributed by atoms with E-state index >= 15 is 0 Å². The van der Waals surface area contributed by atoms with Crippen molar-refractivity contribution in [2.45, 2.75) is 0 Å². The molecule has 80 valence electrons. The number of phenolic OH excluding ortho intramolecular Hbond substituents is 1. The van der Waals surface area contributed by atoms with Crippen LogP contribution in [0.3, 0.4) is 0 Å². The molecule has 0 radical (unpaired) electrons. The molecule has 0 spiro atoms. The van der Waals surface area contributed by atoms with Gasteiger partial charge in [-0.3, -0.25) is 0 Å². The minimum absolute atomic E-state index is 0.288. The molecule has 1 nitrogen and oxygen atoms in total. The van der Waals surface area contributed by atoms with E-state index in [-0.39, 0.29) is 5.75 Å². The van der Waals surface area contributed by atoms with Crippen LogP contribution in [0.2, 0.25) is 0 Å². The van der Waals surface area contributed by atoms with Crippen LogP contribution in [0.4, 0.5) is 0 Å². The van der Waals surface area contributed by atoms with E-state index in [4.69, 9.17) is 0 Å². The van der Waals surface area contributed by atoms with Crippen LogP contribution in [0, 0.1) is 0 Å². The van der Waals surface area contributed by atoms with Crippen molar-refractivity contribution >= 4 is 28.1 Å². The van der Waals surface area contributed by atoms with E-state index in [1.807, 2.05) is 48.6 Å². The molecule has 0 heterocycles. The van der Waals surface area contributed by atoms with Gasteiger partial charge in [-0.2, -0.15) is 0 Å². The summed E-state index contributed by atoms with van der Waals surface area (Å²) in [4.78, 5) is 0. The Bertz CT molecular complexity index is 470. The minimum Gasteiger partial charge on any atom is -0.508 e. The summed E-state index contributed by atoms with van der Waals surface area (Å²) in [6.45, 7) is 0. The summed E-state index contributed by atoms with van der Waals surface area (Å²) in [5.41, 5.74) is 2.11. The molecule has 1 N–H and O–H groups in total. The van der Waals surface area contributed by atoms with Crippen LogP contribution in [0.5, 0.6) is 5.75 Å². The number of aromatic hydroxyl groups is 1. The van der Waals surface area contributed by atoms with E-state index < -0.39 is 0 Å². The monoisotopic (exact) mass is 274 g/mol. The van der Waals surface area contributed by atoms with Crippen molar-refractivity contribution in [2.75, 3.05) is 0 Å². The first-order chi connectivity index (χ1) is 7.74. The summed E-state index contributed by atoms with van der Waals surface area (Å²) in [6, 6.07) is 15.2. The Balaban J connectivity index is 2.21. The van der Waals surface area contributed by atoms with Gasteiger partial charge >= 0.3 is 0 Å².